The summed E-state index contributed by atoms with van der Waals surface area (Å²) in [6, 6.07) is 11.8. The number of hydrogen-bond acceptors (Lipinski definition) is 2. The van der Waals surface area contributed by atoms with Gasteiger partial charge in [0.1, 0.15) is 10.7 Å². The quantitative estimate of drug-likeness (QED) is 0.858. The molecule has 0 fully saturated rings. The molecule has 0 saturated carbocycles. The number of nitrogens with two attached hydrogens (primary N) is 1. The van der Waals surface area contributed by atoms with Gasteiger partial charge >= 0.3 is 0 Å². The topological polar surface area (TPSA) is 35.2 Å². The molecule has 2 rings (SSSR count). The fraction of sp³-hybridized carbons (Fsp3) is 0.0714. The summed E-state index contributed by atoms with van der Waals surface area (Å²) in [6.07, 6.45) is 0. The smallest absolute Gasteiger partial charge is 0.166 e. The van der Waals surface area contributed by atoms with Crippen molar-refractivity contribution in [3.8, 4) is 11.5 Å². The largest absolute Gasteiger partial charge is 0.454 e. The lowest BCUT2D eigenvalue weighted by Gasteiger charge is -2.08. The molecule has 0 aliphatic carbocycles. The van der Waals surface area contributed by atoms with Crippen LogP contribution in [0.2, 0.25) is 0 Å². The Morgan fingerprint density at radius 2 is 2.00 bits per heavy atom. The zero-order valence-corrected chi connectivity index (χ0v) is 10.6. The first-order chi connectivity index (χ1) is 8.56. The van der Waals surface area contributed by atoms with E-state index >= 15 is 0 Å². The molecule has 0 aromatic heterocycles. The summed E-state index contributed by atoms with van der Waals surface area (Å²) in [5.41, 5.74) is 6.96. The van der Waals surface area contributed by atoms with Crippen LogP contribution in [0.3, 0.4) is 0 Å². The van der Waals surface area contributed by atoms with E-state index in [-0.39, 0.29) is 10.7 Å². The molecule has 2 N–H and O–H groups in total. The second-order valence-electron chi connectivity index (χ2n) is 3.93. The van der Waals surface area contributed by atoms with Crippen molar-refractivity contribution in [1.82, 2.24) is 0 Å². The Hall–Kier alpha value is -1.94. The maximum Gasteiger partial charge on any atom is 0.166 e. The molecule has 2 aromatic rings. The van der Waals surface area contributed by atoms with Crippen molar-refractivity contribution in [2.24, 2.45) is 5.73 Å². The van der Waals surface area contributed by atoms with Crippen molar-refractivity contribution in [3.05, 3.63) is 59.4 Å². The van der Waals surface area contributed by atoms with Gasteiger partial charge in [0, 0.05) is 5.56 Å². The zero-order valence-electron chi connectivity index (χ0n) is 9.81. The fourth-order valence-corrected chi connectivity index (χ4v) is 1.67. The van der Waals surface area contributed by atoms with E-state index in [1.54, 1.807) is 12.1 Å². The van der Waals surface area contributed by atoms with Gasteiger partial charge in [-0.3, -0.25) is 0 Å². The molecule has 92 valence electrons. The third-order valence-electron chi connectivity index (χ3n) is 2.43. The second kappa shape index (κ2) is 5.14. The molecule has 0 spiro atoms. The van der Waals surface area contributed by atoms with Crippen LogP contribution in [0.5, 0.6) is 11.5 Å². The van der Waals surface area contributed by atoms with Gasteiger partial charge in [0.25, 0.3) is 0 Å². The summed E-state index contributed by atoms with van der Waals surface area (Å²) in [6.45, 7) is 1.94. The molecule has 0 bridgehead atoms. The monoisotopic (exact) mass is 261 g/mol. The Kier molecular flexibility index (Phi) is 3.58. The van der Waals surface area contributed by atoms with Crippen LogP contribution in [0.25, 0.3) is 0 Å². The third kappa shape index (κ3) is 2.84. The van der Waals surface area contributed by atoms with Gasteiger partial charge in [0.15, 0.2) is 11.6 Å². The Bertz CT molecular complexity index is 598. The molecule has 0 aliphatic rings. The van der Waals surface area contributed by atoms with Crippen LogP contribution in [-0.2, 0) is 0 Å². The van der Waals surface area contributed by atoms with E-state index in [0.29, 0.717) is 11.3 Å². The van der Waals surface area contributed by atoms with E-state index in [2.05, 4.69) is 0 Å². The van der Waals surface area contributed by atoms with E-state index < -0.39 is 5.82 Å². The van der Waals surface area contributed by atoms with Crippen molar-refractivity contribution >= 4 is 17.2 Å². The Labute approximate surface area is 110 Å². The first kappa shape index (κ1) is 12.5. The molecule has 0 unspecified atom stereocenters. The van der Waals surface area contributed by atoms with E-state index in [0.717, 1.165) is 5.56 Å². The lowest BCUT2D eigenvalue weighted by molar-refractivity contribution is 0.442. The zero-order chi connectivity index (χ0) is 13.1. The number of rotatable bonds is 3. The molecule has 0 aliphatic heterocycles. The predicted molar refractivity (Wildman–Crippen MR) is 73.5 cm³/mol. The maximum atomic E-state index is 13.8. The van der Waals surface area contributed by atoms with Crippen molar-refractivity contribution in [2.75, 3.05) is 0 Å². The van der Waals surface area contributed by atoms with Crippen LogP contribution in [0.4, 0.5) is 4.39 Å². The molecule has 0 radical (unpaired) electrons. The lowest BCUT2D eigenvalue weighted by Crippen LogP contribution is -2.09. The number of aryl methyl sites for hydroxylation is 1. The number of benzene rings is 2. The summed E-state index contributed by atoms with van der Waals surface area (Å²) in [7, 11) is 0. The number of halogens is 1. The average Bonchev–Trinajstić information content (AvgIpc) is 2.31. The molecule has 2 aromatic carbocycles. The van der Waals surface area contributed by atoms with Crippen molar-refractivity contribution in [2.45, 2.75) is 6.92 Å². The van der Waals surface area contributed by atoms with Gasteiger partial charge < -0.3 is 10.5 Å². The van der Waals surface area contributed by atoms with Crippen LogP contribution >= 0.6 is 12.2 Å². The predicted octanol–water partition coefficient (Wildman–Crippen LogP) is 3.56. The summed E-state index contributed by atoms with van der Waals surface area (Å²) in [5, 5.41) is 0. The van der Waals surface area contributed by atoms with Gasteiger partial charge in [-0.15, -0.1) is 0 Å². The minimum absolute atomic E-state index is 0.153. The van der Waals surface area contributed by atoms with Crippen LogP contribution in [0.1, 0.15) is 11.1 Å². The normalized spacial score (nSPS) is 10.1. The summed E-state index contributed by atoms with van der Waals surface area (Å²) in [4.78, 5) is 0.163. The van der Waals surface area contributed by atoms with Gasteiger partial charge in [-0.2, -0.15) is 0 Å². The molecular formula is C14H12FNOS. The lowest BCUT2D eigenvalue weighted by atomic mass is 10.2. The average molecular weight is 261 g/mol. The highest BCUT2D eigenvalue weighted by molar-refractivity contribution is 7.80. The van der Waals surface area contributed by atoms with E-state index in [9.17, 15) is 4.39 Å². The Morgan fingerprint density at radius 1 is 1.22 bits per heavy atom. The highest BCUT2D eigenvalue weighted by atomic mass is 32.1. The summed E-state index contributed by atoms with van der Waals surface area (Å²) < 4.78 is 19.2. The Morgan fingerprint density at radius 3 is 2.61 bits per heavy atom. The van der Waals surface area contributed by atoms with Gasteiger partial charge in [-0.25, -0.2) is 4.39 Å². The standard InChI is InChI=1S/C14H12FNOS/c1-9-3-2-4-11(7-9)17-13-6-5-10(14(16)18)8-12(13)15/h2-8H,1H3,(H2,16,18). The van der Waals surface area contributed by atoms with E-state index in [1.807, 2.05) is 25.1 Å². The number of ether oxygens (including phenoxy) is 1. The number of thiocarbonyl (C=S) groups is 1. The molecular weight excluding hydrogens is 249 g/mol. The van der Waals surface area contributed by atoms with E-state index in [4.69, 9.17) is 22.7 Å². The van der Waals surface area contributed by atoms with Crippen LogP contribution in [0.15, 0.2) is 42.5 Å². The maximum absolute atomic E-state index is 13.8. The molecule has 0 heterocycles. The minimum Gasteiger partial charge on any atom is -0.454 e. The van der Waals surface area contributed by atoms with Crippen molar-refractivity contribution in [3.63, 3.8) is 0 Å². The summed E-state index contributed by atoms with van der Waals surface area (Å²) in [5.74, 6) is 0.263. The Balaban J connectivity index is 2.27. The van der Waals surface area contributed by atoms with Crippen LogP contribution < -0.4 is 10.5 Å². The van der Waals surface area contributed by atoms with Crippen molar-refractivity contribution in [1.29, 1.82) is 0 Å². The van der Waals surface area contributed by atoms with E-state index in [1.165, 1.54) is 12.1 Å². The van der Waals surface area contributed by atoms with Crippen LogP contribution in [-0.4, -0.2) is 4.99 Å². The second-order valence-corrected chi connectivity index (χ2v) is 4.37. The van der Waals surface area contributed by atoms with Crippen LogP contribution in [0, 0.1) is 12.7 Å². The van der Waals surface area contributed by atoms with Gasteiger partial charge in [0.2, 0.25) is 0 Å². The highest BCUT2D eigenvalue weighted by Crippen LogP contribution is 2.25. The first-order valence-electron chi connectivity index (χ1n) is 5.40. The first-order valence-corrected chi connectivity index (χ1v) is 5.81. The summed E-state index contributed by atoms with van der Waals surface area (Å²) >= 11 is 4.78. The van der Waals surface area contributed by atoms with Crippen molar-refractivity contribution < 1.29 is 9.13 Å². The molecule has 4 heteroatoms. The van der Waals surface area contributed by atoms with Gasteiger partial charge in [-0.1, -0.05) is 24.4 Å². The fourth-order valence-electron chi connectivity index (χ4n) is 1.54. The molecule has 18 heavy (non-hydrogen) atoms. The SMILES string of the molecule is Cc1cccc(Oc2ccc(C(N)=S)cc2F)c1. The minimum atomic E-state index is -0.484. The molecule has 0 atom stereocenters. The molecule has 2 nitrogen and oxygen atoms in total. The molecule has 0 amide bonds. The van der Waals surface area contributed by atoms with Gasteiger partial charge in [0.05, 0.1) is 0 Å². The number of hydrogen-bond donors (Lipinski definition) is 1. The highest BCUT2D eigenvalue weighted by Gasteiger charge is 2.07. The molecule has 0 saturated heterocycles. The van der Waals surface area contributed by atoms with Gasteiger partial charge in [-0.05, 0) is 42.8 Å². The third-order valence-corrected chi connectivity index (χ3v) is 2.67.